The first-order valence-corrected chi connectivity index (χ1v) is 7.38. The summed E-state index contributed by atoms with van der Waals surface area (Å²) in [4.78, 5) is 11.8. The lowest BCUT2D eigenvalue weighted by atomic mass is 9.93. The summed E-state index contributed by atoms with van der Waals surface area (Å²) in [6, 6.07) is 18.1. The van der Waals surface area contributed by atoms with Gasteiger partial charge in [0.25, 0.3) is 0 Å². The van der Waals surface area contributed by atoms with E-state index in [2.05, 4.69) is 17.4 Å². The lowest BCUT2D eigenvalue weighted by molar-refractivity contribution is -0.121. The number of carbonyl (C=O) groups is 1. The average molecular weight is 281 g/mol. The van der Waals surface area contributed by atoms with Gasteiger partial charge in [0.1, 0.15) is 11.9 Å². The van der Waals surface area contributed by atoms with Crippen LogP contribution < -0.4 is 10.1 Å². The van der Waals surface area contributed by atoms with Crippen molar-refractivity contribution in [2.45, 2.75) is 31.9 Å². The molecular weight excluding hydrogens is 262 g/mol. The minimum absolute atomic E-state index is 0.00704. The SMILES string of the molecule is CCC(=O)N[C@@H]1C[C@@H](c2ccccc2)Oc2ccccc21. The van der Waals surface area contributed by atoms with E-state index in [1.165, 1.54) is 0 Å². The molecular formula is C18H19NO2. The maximum atomic E-state index is 11.8. The lowest BCUT2D eigenvalue weighted by Gasteiger charge is -2.33. The summed E-state index contributed by atoms with van der Waals surface area (Å²) in [5, 5.41) is 3.11. The quantitative estimate of drug-likeness (QED) is 0.929. The summed E-state index contributed by atoms with van der Waals surface area (Å²) < 4.78 is 6.11. The molecule has 2 aromatic rings. The van der Waals surface area contributed by atoms with Gasteiger partial charge in [-0.25, -0.2) is 0 Å². The van der Waals surface area contributed by atoms with Gasteiger partial charge in [0.15, 0.2) is 0 Å². The number of hydrogen-bond acceptors (Lipinski definition) is 2. The highest BCUT2D eigenvalue weighted by molar-refractivity contribution is 5.76. The van der Waals surface area contributed by atoms with Gasteiger partial charge in [-0.2, -0.15) is 0 Å². The van der Waals surface area contributed by atoms with E-state index in [0.717, 1.165) is 23.3 Å². The standard InChI is InChI=1S/C18H19NO2/c1-2-18(20)19-15-12-17(13-8-4-3-5-9-13)21-16-11-7-6-10-14(15)16/h3-11,15,17H,2,12H2,1H3,(H,19,20)/t15-,17+/m1/s1. The van der Waals surface area contributed by atoms with Crippen LogP contribution in [0.5, 0.6) is 5.75 Å². The number of benzene rings is 2. The molecule has 0 saturated heterocycles. The molecule has 0 aromatic heterocycles. The van der Waals surface area contributed by atoms with Crippen LogP contribution in [0.3, 0.4) is 0 Å². The Balaban J connectivity index is 1.91. The zero-order valence-corrected chi connectivity index (χ0v) is 12.1. The molecule has 0 fully saturated rings. The van der Waals surface area contributed by atoms with E-state index in [1.54, 1.807) is 0 Å². The van der Waals surface area contributed by atoms with E-state index in [9.17, 15) is 4.79 Å². The molecule has 2 aromatic carbocycles. The van der Waals surface area contributed by atoms with Gasteiger partial charge in [-0.1, -0.05) is 55.5 Å². The van der Waals surface area contributed by atoms with Crippen molar-refractivity contribution in [2.75, 3.05) is 0 Å². The number of ether oxygens (including phenoxy) is 1. The molecule has 0 unspecified atom stereocenters. The van der Waals surface area contributed by atoms with Crippen LogP contribution >= 0.6 is 0 Å². The van der Waals surface area contributed by atoms with Gasteiger partial charge in [-0.15, -0.1) is 0 Å². The Morgan fingerprint density at radius 3 is 2.62 bits per heavy atom. The molecule has 3 rings (SSSR count). The molecule has 0 radical (unpaired) electrons. The summed E-state index contributed by atoms with van der Waals surface area (Å²) in [6.45, 7) is 1.87. The van der Waals surface area contributed by atoms with Crippen LogP contribution in [0.2, 0.25) is 0 Å². The number of nitrogens with one attached hydrogen (secondary N) is 1. The molecule has 0 saturated carbocycles. The van der Waals surface area contributed by atoms with E-state index < -0.39 is 0 Å². The fourth-order valence-electron chi connectivity index (χ4n) is 2.72. The van der Waals surface area contributed by atoms with Crippen LogP contribution in [0.4, 0.5) is 0 Å². The van der Waals surface area contributed by atoms with E-state index in [0.29, 0.717) is 6.42 Å². The van der Waals surface area contributed by atoms with E-state index in [4.69, 9.17) is 4.74 Å². The van der Waals surface area contributed by atoms with Gasteiger partial charge in [0, 0.05) is 18.4 Å². The fraction of sp³-hybridized carbons (Fsp3) is 0.278. The molecule has 1 amide bonds. The van der Waals surface area contributed by atoms with E-state index >= 15 is 0 Å². The van der Waals surface area contributed by atoms with Gasteiger partial charge in [-0.3, -0.25) is 4.79 Å². The largest absolute Gasteiger partial charge is 0.485 e. The lowest BCUT2D eigenvalue weighted by Crippen LogP contribution is -2.32. The second-order valence-corrected chi connectivity index (χ2v) is 5.26. The molecule has 3 heteroatoms. The molecule has 2 atom stereocenters. The summed E-state index contributed by atoms with van der Waals surface area (Å²) >= 11 is 0. The normalized spacial score (nSPS) is 20.2. The molecule has 1 aliphatic heterocycles. The van der Waals surface area contributed by atoms with Crippen molar-refractivity contribution in [1.29, 1.82) is 0 Å². The number of hydrogen-bond donors (Lipinski definition) is 1. The Kier molecular flexibility index (Phi) is 3.91. The van der Waals surface area contributed by atoms with Crippen LogP contribution in [0.25, 0.3) is 0 Å². The summed E-state index contributed by atoms with van der Waals surface area (Å²) in [6.07, 6.45) is 1.23. The van der Waals surface area contributed by atoms with Gasteiger partial charge in [0.2, 0.25) is 5.91 Å². The van der Waals surface area contributed by atoms with Gasteiger partial charge in [0.05, 0.1) is 6.04 Å². The summed E-state index contributed by atoms with van der Waals surface area (Å²) in [5.74, 6) is 0.933. The smallest absolute Gasteiger partial charge is 0.220 e. The molecule has 108 valence electrons. The predicted octanol–water partition coefficient (Wildman–Crippen LogP) is 3.78. The highest BCUT2D eigenvalue weighted by Crippen LogP contribution is 2.40. The number of para-hydroxylation sites is 1. The van der Waals surface area contributed by atoms with Crippen LogP contribution in [0.15, 0.2) is 54.6 Å². The van der Waals surface area contributed by atoms with Gasteiger partial charge in [-0.05, 0) is 11.6 Å². The first kappa shape index (κ1) is 13.7. The van der Waals surface area contributed by atoms with Crippen molar-refractivity contribution in [2.24, 2.45) is 0 Å². The number of rotatable bonds is 3. The maximum absolute atomic E-state index is 11.8. The average Bonchev–Trinajstić information content (AvgIpc) is 2.55. The number of amides is 1. The fourth-order valence-corrected chi connectivity index (χ4v) is 2.72. The van der Waals surface area contributed by atoms with Crippen molar-refractivity contribution in [1.82, 2.24) is 5.32 Å². The summed E-state index contributed by atoms with van der Waals surface area (Å²) in [5.41, 5.74) is 2.20. The third-order valence-electron chi connectivity index (χ3n) is 3.84. The molecule has 0 spiro atoms. The molecule has 1 N–H and O–H groups in total. The van der Waals surface area contributed by atoms with Gasteiger partial charge < -0.3 is 10.1 Å². The van der Waals surface area contributed by atoms with Crippen LogP contribution in [-0.2, 0) is 4.79 Å². The minimum atomic E-state index is -0.0248. The van der Waals surface area contributed by atoms with Crippen molar-refractivity contribution < 1.29 is 9.53 Å². The Bertz CT molecular complexity index is 624. The highest BCUT2D eigenvalue weighted by Gasteiger charge is 2.29. The Morgan fingerprint density at radius 2 is 1.86 bits per heavy atom. The second-order valence-electron chi connectivity index (χ2n) is 5.26. The van der Waals surface area contributed by atoms with Crippen LogP contribution in [0.1, 0.15) is 43.0 Å². The molecule has 0 bridgehead atoms. The molecule has 3 nitrogen and oxygen atoms in total. The Hall–Kier alpha value is -2.29. The molecule has 1 heterocycles. The zero-order chi connectivity index (χ0) is 14.7. The van der Waals surface area contributed by atoms with Crippen molar-refractivity contribution >= 4 is 5.91 Å². The highest BCUT2D eigenvalue weighted by atomic mass is 16.5. The first-order chi connectivity index (χ1) is 10.3. The predicted molar refractivity (Wildman–Crippen MR) is 82.0 cm³/mol. The third kappa shape index (κ3) is 2.92. The zero-order valence-electron chi connectivity index (χ0n) is 12.1. The molecule has 1 aliphatic rings. The Labute approximate surface area is 124 Å². The van der Waals surface area contributed by atoms with E-state index in [-0.39, 0.29) is 18.1 Å². The minimum Gasteiger partial charge on any atom is -0.485 e. The van der Waals surface area contributed by atoms with Crippen molar-refractivity contribution in [3.8, 4) is 5.75 Å². The third-order valence-corrected chi connectivity index (χ3v) is 3.84. The monoisotopic (exact) mass is 281 g/mol. The second kappa shape index (κ2) is 6.00. The first-order valence-electron chi connectivity index (χ1n) is 7.38. The van der Waals surface area contributed by atoms with Crippen LogP contribution in [-0.4, -0.2) is 5.91 Å². The van der Waals surface area contributed by atoms with E-state index in [1.807, 2.05) is 49.4 Å². The van der Waals surface area contributed by atoms with Crippen molar-refractivity contribution in [3.05, 3.63) is 65.7 Å². The topological polar surface area (TPSA) is 38.3 Å². The maximum Gasteiger partial charge on any atom is 0.220 e. The number of carbonyl (C=O) groups excluding carboxylic acids is 1. The van der Waals surface area contributed by atoms with Crippen LogP contribution in [0, 0.1) is 0 Å². The van der Waals surface area contributed by atoms with Gasteiger partial charge >= 0.3 is 0 Å². The molecule has 0 aliphatic carbocycles. The Morgan fingerprint density at radius 1 is 1.14 bits per heavy atom. The van der Waals surface area contributed by atoms with Crippen molar-refractivity contribution in [3.63, 3.8) is 0 Å². The molecule has 21 heavy (non-hydrogen) atoms. The number of fused-ring (bicyclic) bond motifs is 1. The summed E-state index contributed by atoms with van der Waals surface area (Å²) in [7, 11) is 0.